The van der Waals surface area contributed by atoms with E-state index in [1.54, 1.807) is 24.3 Å². The number of benzene rings is 3. The number of hydrogen-bond donors (Lipinski definition) is 2. The van der Waals surface area contributed by atoms with Crippen molar-refractivity contribution in [2.75, 3.05) is 0 Å². The maximum atomic E-state index is 12.4. The van der Waals surface area contributed by atoms with Crippen molar-refractivity contribution in [3.05, 3.63) is 89.4 Å². The number of hydrazine groups is 1. The summed E-state index contributed by atoms with van der Waals surface area (Å²) in [6, 6.07) is 24.1. The summed E-state index contributed by atoms with van der Waals surface area (Å²) in [5.74, 6) is -0.366. The normalized spacial score (nSPS) is 11.4. The Morgan fingerprint density at radius 3 is 2.14 bits per heavy atom. The lowest BCUT2D eigenvalue weighted by Crippen LogP contribution is -2.48. The van der Waals surface area contributed by atoms with E-state index >= 15 is 0 Å². The first-order chi connectivity index (χ1) is 14.1. The minimum Gasteiger partial charge on any atom is -0.481 e. The number of amides is 2. The van der Waals surface area contributed by atoms with E-state index in [1.165, 1.54) is 0 Å². The van der Waals surface area contributed by atoms with Gasteiger partial charge in [0, 0.05) is 0 Å². The fourth-order valence-corrected chi connectivity index (χ4v) is 2.98. The maximum absolute atomic E-state index is 12.4. The fraction of sp³-hybridized carbons (Fsp3) is 0.130. The first kappa shape index (κ1) is 20.4. The van der Waals surface area contributed by atoms with E-state index in [0.717, 1.165) is 11.1 Å². The molecule has 0 saturated carbocycles. The van der Waals surface area contributed by atoms with Crippen molar-refractivity contribution in [1.29, 1.82) is 0 Å². The van der Waals surface area contributed by atoms with Gasteiger partial charge in [0.2, 0.25) is 0 Å². The van der Waals surface area contributed by atoms with Crippen LogP contribution in [0.2, 0.25) is 5.02 Å². The third-order valence-electron chi connectivity index (χ3n) is 4.32. The summed E-state index contributed by atoms with van der Waals surface area (Å²) >= 11 is 5.99. The average molecular weight is 409 g/mol. The monoisotopic (exact) mass is 408 g/mol. The Labute approximate surface area is 174 Å². The Hall–Kier alpha value is -3.31. The Bertz CT molecular complexity index is 975. The topological polar surface area (TPSA) is 67.4 Å². The number of carbonyl (C=O) groups is 2. The lowest BCUT2D eigenvalue weighted by Gasteiger charge is -2.18. The Morgan fingerprint density at radius 1 is 0.862 bits per heavy atom. The molecule has 0 bridgehead atoms. The number of ether oxygens (including phenoxy) is 1. The molecule has 5 nitrogen and oxygen atoms in total. The second-order valence-electron chi connectivity index (χ2n) is 6.33. The van der Waals surface area contributed by atoms with Crippen LogP contribution < -0.4 is 15.6 Å². The van der Waals surface area contributed by atoms with E-state index in [2.05, 4.69) is 10.9 Å². The highest BCUT2D eigenvalue weighted by atomic mass is 35.5. The number of carbonyl (C=O) groups excluding carboxylic acids is 2. The van der Waals surface area contributed by atoms with E-state index in [0.29, 0.717) is 17.2 Å². The van der Waals surface area contributed by atoms with Crippen LogP contribution >= 0.6 is 11.6 Å². The predicted molar refractivity (Wildman–Crippen MR) is 114 cm³/mol. The zero-order valence-electron chi connectivity index (χ0n) is 15.9. The Balaban J connectivity index is 1.58. The van der Waals surface area contributed by atoms with Crippen molar-refractivity contribution in [2.45, 2.75) is 19.4 Å². The molecule has 0 aliphatic carbocycles. The van der Waals surface area contributed by atoms with Gasteiger partial charge in [-0.1, -0.05) is 73.1 Å². The Morgan fingerprint density at radius 2 is 1.48 bits per heavy atom. The molecule has 0 spiro atoms. The second kappa shape index (κ2) is 9.75. The van der Waals surface area contributed by atoms with Crippen LogP contribution in [0.1, 0.15) is 23.7 Å². The van der Waals surface area contributed by atoms with E-state index < -0.39 is 17.9 Å². The summed E-state index contributed by atoms with van der Waals surface area (Å²) in [6.07, 6.45) is -0.307. The molecule has 1 unspecified atom stereocenters. The van der Waals surface area contributed by atoms with Crippen LogP contribution in [0.4, 0.5) is 0 Å². The summed E-state index contributed by atoms with van der Waals surface area (Å²) in [7, 11) is 0. The maximum Gasteiger partial charge on any atom is 0.279 e. The van der Waals surface area contributed by atoms with Gasteiger partial charge in [0.05, 0.1) is 10.6 Å². The number of halogens is 1. The summed E-state index contributed by atoms with van der Waals surface area (Å²) in [6.45, 7) is 1.83. The molecular weight excluding hydrogens is 388 g/mol. The van der Waals surface area contributed by atoms with Crippen molar-refractivity contribution < 1.29 is 14.3 Å². The quantitative estimate of drug-likeness (QED) is 0.584. The Kier molecular flexibility index (Phi) is 6.87. The number of hydrogen-bond acceptors (Lipinski definition) is 3. The summed E-state index contributed by atoms with van der Waals surface area (Å²) in [5.41, 5.74) is 7.20. The van der Waals surface area contributed by atoms with E-state index in [4.69, 9.17) is 16.3 Å². The van der Waals surface area contributed by atoms with Crippen LogP contribution in [0.15, 0.2) is 78.9 Å². The highest BCUT2D eigenvalue weighted by Gasteiger charge is 2.19. The molecule has 3 aromatic rings. The van der Waals surface area contributed by atoms with Crippen LogP contribution in [0, 0.1) is 0 Å². The van der Waals surface area contributed by atoms with Crippen molar-refractivity contribution in [2.24, 2.45) is 0 Å². The molecule has 2 amide bonds. The van der Waals surface area contributed by atoms with Crippen LogP contribution in [-0.2, 0) is 4.79 Å². The van der Waals surface area contributed by atoms with Crippen LogP contribution in [-0.4, -0.2) is 17.9 Å². The molecule has 6 heteroatoms. The van der Waals surface area contributed by atoms with E-state index in [-0.39, 0.29) is 5.56 Å². The fourth-order valence-electron chi connectivity index (χ4n) is 2.75. The van der Waals surface area contributed by atoms with Crippen molar-refractivity contribution >= 4 is 23.4 Å². The molecule has 3 rings (SSSR count). The first-order valence-electron chi connectivity index (χ1n) is 9.25. The predicted octanol–water partition coefficient (Wildman–Crippen LogP) is 4.63. The zero-order chi connectivity index (χ0) is 20.6. The van der Waals surface area contributed by atoms with Gasteiger partial charge in [0.25, 0.3) is 11.8 Å². The van der Waals surface area contributed by atoms with Crippen molar-refractivity contribution in [1.82, 2.24) is 10.9 Å². The van der Waals surface area contributed by atoms with Gasteiger partial charge >= 0.3 is 0 Å². The summed E-state index contributed by atoms with van der Waals surface area (Å²) in [4.78, 5) is 24.6. The third kappa shape index (κ3) is 5.36. The van der Waals surface area contributed by atoms with Crippen LogP contribution in [0.25, 0.3) is 11.1 Å². The van der Waals surface area contributed by atoms with Gasteiger partial charge in [-0.25, -0.2) is 0 Å². The van der Waals surface area contributed by atoms with Gasteiger partial charge in [0.1, 0.15) is 5.75 Å². The molecule has 0 radical (unpaired) electrons. The van der Waals surface area contributed by atoms with Crippen molar-refractivity contribution in [3.8, 4) is 16.9 Å². The summed E-state index contributed by atoms with van der Waals surface area (Å²) < 4.78 is 5.79. The van der Waals surface area contributed by atoms with Crippen molar-refractivity contribution in [3.63, 3.8) is 0 Å². The number of nitrogens with one attached hydrogen (secondary N) is 2. The van der Waals surface area contributed by atoms with Crippen LogP contribution in [0.5, 0.6) is 5.75 Å². The van der Waals surface area contributed by atoms with Gasteiger partial charge in [-0.15, -0.1) is 0 Å². The molecule has 0 aliphatic rings. The lowest BCUT2D eigenvalue weighted by molar-refractivity contribution is -0.128. The van der Waals surface area contributed by atoms with Gasteiger partial charge < -0.3 is 4.74 Å². The van der Waals surface area contributed by atoms with Gasteiger partial charge in [0.15, 0.2) is 6.10 Å². The molecule has 0 saturated heterocycles. The lowest BCUT2D eigenvalue weighted by atomic mass is 10.1. The van der Waals surface area contributed by atoms with Gasteiger partial charge in [-0.3, -0.25) is 20.4 Å². The third-order valence-corrected chi connectivity index (χ3v) is 4.65. The molecule has 2 N–H and O–H groups in total. The SMILES string of the molecule is CCC(Oc1ccc(-c2ccccc2)cc1)C(=O)NNC(=O)c1ccccc1Cl. The molecule has 29 heavy (non-hydrogen) atoms. The molecule has 1 atom stereocenters. The minimum atomic E-state index is -0.746. The smallest absolute Gasteiger partial charge is 0.279 e. The van der Waals surface area contributed by atoms with E-state index in [1.807, 2.05) is 61.5 Å². The van der Waals surface area contributed by atoms with Crippen LogP contribution in [0.3, 0.4) is 0 Å². The number of rotatable bonds is 6. The molecule has 0 aliphatic heterocycles. The molecule has 3 aromatic carbocycles. The standard InChI is InChI=1S/C23H21ClN2O3/c1-2-21(23(28)26-25-22(27)19-10-6-7-11-20(19)24)29-18-14-12-17(13-15-18)16-8-4-3-5-9-16/h3-15,21H,2H2,1H3,(H,25,27)(H,26,28). The molecule has 0 aromatic heterocycles. The highest BCUT2D eigenvalue weighted by Crippen LogP contribution is 2.23. The molecule has 0 heterocycles. The molecule has 148 valence electrons. The molecule has 0 fully saturated rings. The minimum absolute atomic E-state index is 0.278. The van der Waals surface area contributed by atoms with Gasteiger partial charge in [-0.2, -0.15) is 0 Å². The van der Waals surface area contributed by atoms with Gasteiger partial charge in [-0.05, 0) is 41.8 Å². The second-order valence-corrected chi connectivity index (χ2v) is 6.74. The first-order valence-corrected chi connectivity index (χ1v) is 9.63. The molecular formula is C23H21ClN2O3. The summed E-state index contributed by atoms with van der Waals surface area (Å²) in [5, 5.41) is 0.307. The average Bonchev–Trinajstić information content (AvgIpc) is 2.77. The van der Waals surface area contributed by atoms with E-state index in [9.17, 15) is 9.59 Å². The zero-order valence-corrected chi connectivity index (χ0v) is 16.6. The largest absolute Gasteiger partial charge is 0.481 e. The highest BCUT2D eigenvalue weighted by molar-refractivity contribution is 6.33.